The fourth-order valence-electron chi connectivity index (χ4n) is 1.87. The zero-order chi connectivity index (χ0) is 13.2. The molecule has 1 heterocycles. The summed E-state index contributed by atoms with van der Waals surface area (Å²) in [5.74, 6) is -0.336. The maximum atomic E-state index is 9.93. The average Bonchev–Trinajstić information content (AvgIpc) is 2.92. The molecule has 0 spiro atoms. The molecular weight excluding hydrogens is 260 g/mol. The Balaban J connectivity index is 2.18. The number of nitrogens with zero attached hydrogens (tertiary/aromatic N) is 2. The van der Waals surface area contributed by atoms with Crippen LogP contribution < -0.4 is 0 Å². The van der Waals surface area contributed by atoms with Crippen LogP contribution in [-0.4, -0.2) is 19.8 Å². The molecule has 0 bridgehead atoms. The summed E-state index contributed by atoms with van der Waals surface area (Å²) in [6, 6.07) is 14.5. The molecule has 5 heteroatoms. The summed E-state index contributed by atoms with van der Waals surface area (Å²) in [4.78, 5) is 0.863. The highest BCUT2D eigenvalue weighted by atomic mass is 32.1. The minimum atomic E-state index is -0.174. The highest BCUT2D eigenvalue weighted by Crippen LogP contribution is 2.40. The summed E-state index contributed by atoms with van der Waals surface area (Å²) >= 11 is 1.26. The van der Waals surface area contributed by atoms with Gasteiger partial charge in [-0.15, -0.1) is 5.10 Å². The van der Waals surface area contributed by atoms with E-state index in [1.807, 2.05) is 30.3 Å². The topological polar surface area (TPSA) is 66.2 Å². The Kier molecular flexibility index (Phi) is 2.89. The second kappa shape index (κ2) is 4.70. The van der Waals surface area contributed by atoms with Crippen LogP contribution >= 0.6 is 11.5 Å². The quantitative estimate of drug-likeness (QED) is 0.701. The van der Waals surface area contributed by atoms with E-state index in [9.17, 15) is 10.2 Å². The van der Waals surface area contributed by atoms with E-state index in [0.717, 1.165) is 10.4 Å². The Morgan fingerprint density at radius 3 is 2.47 bits per heavy atom. The summed E-state index contributed by atoms with van der Waals surface area (Å²) in [6.45, 7) is 0. The monoisotopic (exact) mass is 270 g/mol. The first-order valence-electron chi connectivity index (χ1n) is 5.66. The summed E-state index contributed by atoms with van der Waals surface area (Å²) in [6.07, 6.45) is 0. The van der Waals surface area contributed by atoms with Gasteiger partial charge in [-0.05, 0) is 29.2 Å². The van der Waals surface area contributed by atoms with E-state index in [-0.39, 0.29) is 11.5 Å². The van der Waals surface area contributed by atoms with E-state index in [1.54, 1.807) is 12.1 Å². The van der Waals surface area contributed by atoms with Crippen molar-refractivity contribution < 1.29 is 10.2 Å². The fourth-order valence-corrected chi connectivity index (χ4v) is 2.55. The highest BCUT2D eigenvalue weighted by molar-refractivity contribution is 7.09. The predicted molar refractivity (Wildman–Crippen MR) is 74.1 cm³/mol. The maximum absolute atomic E-state index is 9.93. The number of hydrogen-bond donors (Lipinski definition) is 2. The third kappa shape index (κ3) is 2.04. The first-order valence-corrected chi connectivity index (χ1v) is 6.44. The molecule has 19 heavy (non-hydrogen) atoms. The van der Waals surface area contributed by atoms with E-state index < -0.39 is 0 Å². The van der Waals surface area contributed by atoms with E-state index in [0.29, 0.717) is 11.3 Å². The van der Waals surface area contributed by atoms with Crippen LogP contribution in [0.5, 0.6) is 11.5 Å². The van der Waals surface area contributed by atoms with Gasteiger partial charge in [-0.2, -0.15) is 0 Å². The smallest absolute Gasteiger partial charge is 0.167 e. The van der Waals surface area contributed by atoms with Gasteiger partial charge >= 0.3 is 0 Å². The Morgan fingerprint density at radius 2 is 1.68 bits per heavy atom. The van der Waals surface area contributed by atoms with Gasteiger partial charge in [0.2, 0.25) is 0 Å². The molecule has 0 amide bonds. The van der Waals surface area contributed by atoms with Gasteiger partial charge in [-0.1, -0.05) is 40.9 Å². The second-order valence-corrected chi connectivity index (χ2v) is 4.74. The predicted octanol–water partition coefficient (Wildman–Crippen LogP) is 3.28. The molecule has 3 aromatic rings. The number of benzene rings is 2. The maximum Gasteiger partial charge on any atom is 0.167 e. The number of aromatic nitrogens is 2. The normalized spacial score (nSPS) is 10.5. The van der Waals surface area contributed by atoms with Crippen LogP contribution in [0.3, 0.4) is 0 Å². The zero-order valence-corrected chi connectivity index (χ0v) is 10.6. The van der Waals surface area contributed by atoms with Crippen molar-refractivity contribution in [3.63, 3.8) is 0 Å². The van der Waals surface area contributed by atoms with Crippen molar-refractivity contribution in [3.05, 3.63) is 48.5 Å². The minimum Gasteiger partial charge on any atom is -0.504 e. The minimum absolute atomic E-state index is 0.162. The third-order valence-electron chi connectivity index (χ3n) is 2.79. The number of rotatable bonds is 2. The lowest BCUT2D eigenvalue weighted by atomic mass is 10.1. The molecular formula is C14H10N2O2S. The molecule has 0 aliphatic rings. The summed E-state index contributed by atoms with van der Waals surface area (Å²) in [5.41, 5.74) is 2.03. The molecule has 94 valence electrons. The van der Waals surface area contributed by atoms with Gasteiger partial charge in [0.15, 0.2) is 11.5 Å². The van der Waals surface area contributed by atoms with Crippen molar-refractivity contribution in [1.82, 2.24) is 9.59 Å². The average molecular weight is 270 g/mol. The SMILES string of the molecule is Oc1cccc(-c2nnsc2-c2ccccc2)c1O. The number of phenols is 2. The molecule has 0 aliphatic heterocycles. The molecule has 0 radical (unpaired) electrons. The lowest BCUT2D eigenvalue weighted by Gasteiger charge is -2.05. The van der Waals surface area contributed by atoms with Crippen LogP contribution in [0, 0.1) is 0 Å². The van der Waals surface area contributed by atoms with Crippen molar-refractivity contribution in [1.29, 1.82) is 0 Å². The summed E-state index contributed by atoms with van der Waals surface area (Å²) in [5, 5.41) is 23.6. The second-order valence-electron chi connectivity index (χ2n) is 3.99. The molecule has 0 saturated carbocycles. The number of para-hydroxylation sites is 1. The van der Waals surface area contributed by atoms with Crippen LogP contribution in [0.2, 0.25) is 0 Å². The van der Waals surface area contributed by atoms with E-state index in [1.165, 1.54) is 17.6 Å². The Morgan fingerprint density at radius 1 is 0.895 bits per heavy atom. The van der Waals surface area contributed by atoms with Gasteiger partial charge in [-0.3, -0.25) is 0 Å². The van der Waals surface area contributed by atoms with Crippen molar-refractivity contribution >= 4 is 11.5 Å². The Labute approximate surface area is 113 Å². The molecule has 0 aliphatic carbocycles. The zero-order valence-electron chi connectivity index (χ0n) is 9.82. The Bertz CT molecular complexity index is 710. The largest absolute Gasteiger partial charge is 0.504 e. The standard InChI is InChI=1S/C14H10N2O2S/c17-11-8-4-7-10(13(11)18)12-14(19-16-15-12)9-5-2-1-3-6-9/h1-8,17-18H. The van der Waals surface area contributed by atoms with Crippen LogP contribution in [0.4, 0.5) is 0 Å². The molecule has 0 saturated heterocycles. The van der Waals surface area contributed by atoms with Gasteiger partial charge in [0, 0.05) is 5.56 Å². The van der Waals surface area contributed by atoms with E-state index in [4.69, 9.17) is 0 Å². The van der Waals surface area contributed by atoms with Crippen LogP contribution in [0.25, 0.3) is 21.7 Å². The lowest BCUT2D eigenvalue weighted by molar-refractivity contribution is 0.405. The number of aromatic hydroxyl groups is 2. The van der Waals surface area contributed by atoms with Gasteiger partial charge < -0.3 is 10.2 Å². The third-order valence-corrected chi connectivity index (χ3v) is 3.57. The van der Waals surface area contributed by atoms with Gasteiger partial charge in [0.05, 0.1) is 4.88 Å². The lowest BCUT2D eigenvalue weighted by Crippen LogP contribution is -1.83. The molecule has 1 aromatic heterocycles. The van der Waals surface area contributed by atoms with E-state index >= 15 is 0 Å². The highest BCUT2D eigenvalue weighted by Gasteiger charge is 2.17. The van der Waals surface area contributed by atoms with Gasteiger partial charge in [-0.25, -0.2) is 0 Å². The fraction of sp³-hybridized carbons (Fsp3) is 0. The molecule has 2 aromatic carbocycles. The first kappa shape index (κ1) is 11.7. The van der Waals surface area contributed by atoms with Gasteiger partial charge in [0.1, 0.15) is 5.69 Å². The molecule has 0 unspecified atom stereocenters. The molecule has 0 fully saturated rings. The van der Waals surface area contributed by atoms with E-state index in [2.05, 4.69) is 9.59 Å². The van der Waals surface area contributed by atoms with Crippen LogP contribution in [0.15, 0.2) is 48.5 Å². The van der Waals surface area contributed by atoms with Crippen LogP contribution in [-0.2, 0) is 0 Å². The van der Waals surface area contributed by atoms with Crippen molar-refractivity contribution in [2.45, 2.75) is 0 Å². The summed E-state index contributed by atoms with van der Waals surface area (Å²) in [7, 11) is 0. The molecule has 4 nitrogen and oxygen atoms in total. The number of phenolic OH excluding ortho intramolecular Hbond substituents is 2. The number of hydrogen-bond acceptors (Lipinski definition) is 5. The first-order chi connectivity index (χ1) is 9.27. The molecule has 3 rings (SSSR count). The summed E-state index contributed by atoms with van der Waals surface area (Å²) < 4.78 is 3.94. The van der Waals surface area contributed by atoms with Crippen molar-refractivity contribution in [3.8, 4) is 33.2 Å². The molecule has 2 N–H and O–H groups in total. The molecule has 0 atom stereocenters. The van der Waals surface area contributed by atoms with Crippen LogP contribution in [0.1, 0.15) is 0 Å². The Hall–Kier alpha value is -2.40. The van der Waals surface area contributed by atoms with Crippen molar-refractivity contribution in [2.75, 3.05) is 0 Å². The van der Waals surface area contributed by atoms with Crippen molar-refractivity contribution in [2.24, 2.45) is 0 Å². The van der Waals surface area contributed by atoms with Gasteiger partial charge in [0.25, 0.3) is 0 Å².